The Labute approximate surface area is 77.9 Å². The van der Waals surface area contributed by atoms with Crippen LogP contribution in [0.1, 0.15) is 20.8 Å². The molecule has 4 heteroatoms. The quantitative estimate of drug-likeness (QED) is 0.588. The molecular formula is C9H17F2NO. The Morgan fingerprint density at radius 1 is 1.54 bits per heavy atom. The van der Waals surface area contributed by atoms with Gasteiger partial charge < -0.3 is 4.74 Å². The summed E-state index contributed by atoms with van der Waals surface area (Å²) in [5.74, 6) is 0. The second kappa shape index (κ2) is 3.88. The summed E-state index contributed by atoms with van der Waals surface area (Å²) in [6, 6.07) is 0.00627. The van der Waals surface area contributed by atoms with Crippen LogP contribution < -0.4 is 0 Å². The topological polar surface area (TPSA) is 12.5 Å². The lowest BCUT2D eigenvalue weighted by molar-refractivity contribution is 0.0112. The van der Waals surface area contributed by atoms with Gasteiger partial charge in [0.05, 0.1) is 13.2 Å². The van der Waals surface area contributed by atoms with Crippen LogP contribution in [0.25, 0.3) is 0 Å². The Morgan fingerprint density at radius 3 is 2.69 bits per heavy atom. The zero-order valence-corrected chi connectivity index (χ0v) is 8.39. The van der Waals surface area contributed by atoms with E-state index in [9.17, 15) is 8.78 Å². The largest absolute Gasteiger partial charge is 0.374 e. The summed E-state index contributed by atoms with van der Waals surface area (Å²) >= 11 is 0. The van der Waals surface area contributed by atoms with E-state index in [-0.39, 0.29) is 25.8 Å². The maximum atomic E-state index is 13.6. The van der Waals surface area contributed by atoms with Crippen LogP contribution in [-0.2, 0) is 4.74 Å². The lowest BCUT2D eigenvalue weighted by Gasteiger charge is -2.30. The van der Waals surface area contributed by atoms with Crippen LogP contribution in [0, 0.1) is 0 Å². The summed E-state index contributed by atoms with van der Waals surface area (Å²) in [6.07, 6.45) is -1.18. The maximum absolute atomic E-state index is 13.6. The van der Waals surface area contributed by atoms with Crippen molar-refractivity contribution in [1.29, 1.82) is 0 Å². The molecule has 1 fully saturated rings. The zero-order chi connectivity index (χ0) is 10.1. The predicted molar refractivity (Wildman–Crippen MR) is 47.1 cm³/mol. The molecule has 0 aromatic carbocycles. The molecule has 0 bridgehead atoms. The van der Waals surface area contributed by atoms with E-state index in [1.54, 1.807) is 0 Å². The monoisotopic (exact) mass is 193 g/mol. The zero-order valence-electron chi connectivity index (χ0n) is 8.39. The Morgan fingerprint density at radius 2 is 2.15 bits per heavy atom. The first-order valence-corrected chi connectivity index (χ1v) is 4.59. The van der Waals surface area contributed by atoms with Gasteiger partial charge in [0, 0.05) is 12.6 Å². The van der Waals surface area contributed by atoms with Gasteiger partial charge in [-0.25, -0.2) is 8.78 Å². The van der Waals surface area contributed by atoms with Gasteiger partial charge in [0.2, 0.25) is 0 Å². The summed E-state index contributed by atoms with van der Waals surface area (Å²) in [7, 11) is 0. The van der Waals surface area contributed by atoms with E-state index in [1.165, 1.54) is 11.8 Å². The first kappa shape index (κ1) is 10.9. The lowest BCUT2D eigenvalue weighted by Crippen LogP contribution is -2.45. The fourth-order valence-electron chi connectivity index (χ4n) is 1.50. The van der Waals surface area contributed by atoms with Gasteiger partial charge in [-0.3, -0.25) is 4.90 Å². The first-order chi connectivity index (χ1) is 5.92. The number of rotatable bonds is 1. The molecule has 1 rings (SSSR count). The van der Waals surface area contributed by atoms with E-state index in [0.717, 1.165) is 0 Å². The third kappa shape index (κ3) is 2.88. The number of hydrogen-bond acceptors (Lipinski definition) is 2. The van der Waals surface area contributed by atoms with Crippen LogP contribution in [-0.4, -0.2) is 42.7 Å². The van der Waals surface area contributed by atoms with Crippen molar-refractivity contribution < 1.29 is 13.5 Å². The van der Waals surface area contributed by atoms with Crippen molar-refractivity contribution >= 4 is 0 Å². The molecule has 0 aliphatic carbocycles. The highest BCUT2D eigenvalue weighted by molar-refractivity contribution is 4.83. The molecule has 13 heavy (non-hydrogen) atoms. The Balaban J connectivity index is 2.67. The van der Waals surface area contributed by atoms with Crippen LogP contribution in [0.5, 0.6) is 0 Å². The van der Waals surface area contributed by atoms with Crippen molar-refractivity contribution in [3.63, 3.8) is 0 Å². The lowest BCUT2D eigenvalue weighted by atomic mass is 10.1. The molecule has 1 heterocycles. The second-order valence-corrected chi connectivity index (χ2v) is 4.13. The van der Waals surface area contributed by atoms with Gasteiger partial charge >= 0.3 is 0 Å². The van der Waals surface area contributed by atoms with Crippen LogP contribution in [0.15, 0.2) is 0 Å². The van der Waals surface area contributed by atoms with Gasteiger partial charge in [-0.15, -0.1) is 0 Å². The highest BCUT2D eigenvalue weighted by Crippen LogP contribution is 2.21. The molecule has 0 spiro atoms. The molecule has 1 aliphatic rings. The van der Waals surface area contributed by atoms with Crippen LogP contribution in [0.2, 0.25) is 0 Å². The molecule has 78 valence electrons. The normalized spacial score (nSPS) is 37.8. The van der Waals surface area contributed by atoms with Crippen molar-refractivity contribution in [2.24, 2.45) is 0 Å². The molecule has 2 atom stereocenters. The third-order valence-electron chi connectivity index (χ3n) is 2.19. The van der Waals surface area contributed by atoms with E-state index < -0.39 is 12.0 Å². The van der Waals surface area contributed by atoms with Crippen molar-refractivity contribution in [3.05, 3.63) is 0 Å². The fraction of sp³-hybridized carbons (Fsp3) is 1.00. The number of hydrogen-bond donors (Lipinski definition) is 0. The molecule has 0 radical (unpaired) electrons. The number of nitrogens with zero attached hydrogens (tertiary/aromatic N) is 1. The Kier molecular flexibility index (Phi) is 3.24. The van der Waals surface area contributed by atoms with E-state index >= 15 is 0 Å². The Bertz CT molecular complexity index is 173. The third-order valence-corrected chi connectivity index (χ3v) is 2.19. The molecule has 2 nitrogen and oxygen atoms in total. The number of ether oxygens (including phenoxy) is 1. The van der Waals surface area contributed by atoms with Crippen molar-refractivity contribution in [2.75, 3.05) is 19.8 Å². The van der Waals surface area contributed by atoms with E-state index in [2.05, 4.69) is 0 Å². The SMILES string of the molecule is CC(C)N1CC(C)(F)COCC1F. The van der Waals surface area contributed by atoms with Crippen molar-refractivity contribution in [2.45, 2.75) is 38.8 Å². The van der Waals surface area contributed by atoms with Gasteiger partial charge in [-0.2, -0.15) is 0 Å². The maximum Gasteiger partial charge on any atom is 0.177 e. The minimum absolute atomic E-state index is 0.00627. The summed E-state index contributed by atoms with van der Waals surface area (Å²) in [4.78, 5) is 1.49. The van der Waals surface area contributed by atoms with Gasteiger partial charge in [0.25, 0.3) is 0 Å². The summed E-state index contributed by atoms with van der Waals surface area (Å²) in [6.45, 7) is 5.21. The second-order valence-electron chi connectivity index (χ2n) is 4.13. The molecule has 0 saturated carbocycles. The standard InChI is InChI=1S/C9H17F2NO/c1-7(2)12-5-9(3,11)6-13-4-8(12)10/h7-8H,4-6H2,1-3H3. The predicted octanol–water partition coefficient (Wildman–Crippen LogP) is 1.75. The molecular weight excluding hydrogens is 176 g/mol. The summed E-state index contributed by atoms with van der Waals surface area (Å²) in [5, 5.41) is 0. The fourth-order valence-corrected chi connectivity index (χ4v) is 1.50. The van der Waals surface area contributed by atoms with E-state index in [1.807, 2.05) is 13.8 Å². The number of halogens is 2. The minimum atomic E-state index is -1.44. The molecule has 2 unspecified atom stereocenters. The first-order valence-electron chi connectivity index (χ1n) is 4.59. The van der Waals surface area contributed by atoms with Crippen LogP contribution in [0.4, 0.5) is 8.78 Å². The molecule has 0 amide bonds. The van der Waals surface area contributed by atoms with Gasteiger partial charge in [0.1, 0.15) is 5.67 Å². The number of alkyl halides is 2. The molecule has 0 aromatic heterocycles. The van der Waals surface area contributed by atoms with Gasteiger partial charge in [0.15, 0.2) is 6.30 Å². The van der Waals surface area contributed by atoms with Crippen LogP contribution >= 0.6 is 0 Å². The van der Waals surface area contributed by atoms with E-state index in [0.29, 0.717) is 0 Å². The molecule has 0 N–H and O–H groups in total. The molecule has 1 saturated heterocycles. The minimum Gasteiger partial charge on any atom is -0.374 e. The van der Waals surface area contributed by atoms with Gasteiger partial charge in [-0.05, 0) is 20.8 Å². The highest BCUT2D eigenvalue weighted by Gasteiger charge is 2.35. The average molecular weight is 193 g/mol. The smallest absolute Gasteiger partial charge is 0.177 e. The highest BCUT2D eigenvalue weighted by atomic mass is 19.1. The van der Waals surface area contributed by atoms with Crippen molar-refractivity contribution in [1.82, 2.24) is 4.90 Å². The van der Waals surface area contributed by atoms with Gasteiger partial charge in [-0.1, -0.05) is 0 Å². The summed E-state index contributed by atoms with van der Waals surface area (Å²) in [5.41, 5.74) is -1.44. The molecule has 1 aliphatic heterocycles. The van der Waals surface area contributed by atoms with Crippen LogP contribution in [0.3, 0.4) is 0 Å². The van der Waals surface area contributed by atoms with E-state index in [4.69, 9.17) is 4.74 Å². The Hall–Kier alpha value is -0.220. The summed E-state index contributed by atoms with van der Waals surface area (Å²) < 4.78 is 31.8. The average Bonchev–Trinajstić information content (AvgIpc) is 2.10. The molecule has 0 aromatic rings. The van der Waals surface area contributed by atoms with Crippen molar-refractivity contribution in [3.8, 4) is 0 Å².